The Morgan fingerprint density at radius 1 is 1.27 bits per heavy atom. The lowest BCUT2D eigenvalue weighted by Gasteiger charge is -2.15. The van der Waals surface area contributed by atoms with Crippen LogP contribution in [0.4, 0.5) is 0 Å². The maximum absolute atomic E-state index is 5.70. The summed E-state index contributed by atoms with van der Waals surface area (Å²) in [5.41, 5.74) is 9.29. The van der Waals surface area contributed by atoms with E-state index in [1.54, 1.807) is 11.1 Å². The maximum atomic E-state index is 5.70. The molecule has 2 fully saturated rings. The van der Waals surface area contributed by atoms with Crippen molar-refractivity contribution < 1.29 is 0 Å². The summed E-state index contributed by atoms with van der Waals surface area (Å²) in [4.78, 5) is 0. The topological polar surface area (TPSA) is 26.0 Å². The zero-order valence-corrected chi connectivity index (χ0v) is 9.21. The van der Waals surface area contributed by atoms with E-state index in [0.29, 0.717) is 5.41 Å². The van der Waals surface area contributed by atoms with Gasteiger partial charge in [-0.05, 0) is 61.1 Å². The van der Waals surface area contributed by atoms with Crippen molar-refractivity contribution in [2.75, 3.05) is 6.54 Å². The number of nitrogens with two attached hydrogens (primary N) is 1. The third-order valence-corrected chi connectivity index (χ3v) is 4.02. The van der Waals surface area contributed by atoms with Crippen molar-refractivity contribution in [2.45, 2.75) is 43.4 Å². The average molecular weight is 201 g/mol. The van der Waals surface area contributed by atoms with Gasteiger partial charge in [0.1, 0.15) is 0 Å². The first kappa shape index (κ1) is 9.41. The fraction of sp³-hybridized carbons (Fsp3) is 0.571. The largest absolute Gasteiger partial charge is 0.330 e. The van der Waals surface area contributed by atoms with Crippen molar-refractivity contribution in [3.63, 3.8) is 0 Å². The van der Waals surface area contributed by atoms with Crippen LogP contribution >= 0.6 is 0 Å². The molecule has 0 aromatic heterocycles. The number of benzene rings is 1. The fourth-order valence-electron chi connectivity index (χ4n) is 2.65. The molecule has 2 saturated carbocycles. The van der Waals surface area contributed by atoms with E-state index >= 15 is 0 Å². The summed E-state index contributed by atoms with van der Waals surface area (Å²) < 4.78 is 0. The maximum Gasteiger partial charge on any atom is -0.00343 e. The SMILES string of the molecule is NCCC1(c2cccc(C3CC3)c2)CC1. The summed E-state index contributed by atoms with van der Waals surface area (Å²) in [6, 6.07) is 9.27. The smallest absolute Gasteiger partial charge is 0.00343 e. The summed E-state index contributed by atoms with van der Waals surface area (Å²) >= 11 is 0. The van der Waals surface area contributed by atoms with Gasteiger partial charge in [-0.25, -0.2) is 0 Å². The molecule has 1 heteroatoms. The Labute approximate surface area is 91.7 Å². The van der Waals surface area contributed by atoms with E-state index in [1.165, 1.54) is 32.1 Å². The molecule has 1 aromatic rings. The summed E-state index contributed by atoms with van der Waals surface area (Å²) in [5.74, 6) is 0.874. The van der Waals surface area contributed by atoms with Gasteiger partial charge in [-0.1, -0.05) is 24.3 Å². The first-order valence-electron chi connectivity index (χ1n) is 6.15. The Kier molecular flexibility index (Phi) is 2.10. The predicted octanol–water partition coefficient (Wildman–Crippen LogP) is 2.94. The second kappa shape index (κ2) is 3.34. The molecule has 1 nitrogen and oxygen atoms in total. The molecule has 0 atom stereocenters. The summed E-state index contributed by atoms with van der Waals surface area (Å²) in [6.07, 6.45) is 6.65. The molecule has 0 unspecified atom stereocenters. The van der Waals surface area contributed by atoms with Gasteiger partial charge in [0, 0.05) is 0 Å². The van der Waals surface area contributed by atoms with Gasteiger partial charge in [-0.3, -0.25) is 0 Å². The van der Waals surface area contributed by atoms with Crippen LogP contribution in [0, 0.1) is 0 Å². The summed E-state index contributed by atoms with van der Waals surface area (Å²) in [5, 5.41) is 0. The van der Waals surface area contributed by atoms with E-state index in [1.807, 2.05) is 0 Å². The van der Waals surface area contributed by atoms with E-state index in [4.69, 9.17) is 5.73 Å². The molecule has 2 aliphatic carbocycles. The average Bonchev–Trinajstić information content (AvgIpc) is 3.14. The molecule has 0 aliphatic heterocycles. The lowest BCUT2D eigenvalue weighted by molar-refractivity contribution is 0.628. The van der Waals surface area contributed by atoms with E-state index in [2.05, 4.69) is 24.3 Å². The fourth-order valence-corrected chi connectivity index (χ4v) is 2.65. The van der Waals surface area contributed by atoms with Gasteiger partial charge in [0.05, 0.1) is 0 Å². The monoisotopic (exact) mass is 201 g/mol. The van der Waals surface area contributed by atoms with E-state index in [9.17, 15) is 0 Å². The Hall–Kier alpha value is -0.820. The summed E-state index contributed by atoms with van der Waals surface area (Å²) in [7, 11) is 0. The minimum absolute atomic E-state index is 0.472. The second-order valence-electron chi connectivity index (χ2n) is 5.22. The zero-order valence-electron chi connectivity index (χ0n) is 9.21. The van der Waals surface area contributed by atoms with Crippen molar-refractivity contribution in [1.29, 1.82) is 0 Å². The number of hydrogen-bond donors (Lipinski definition) is 1. The van der Waals surface area contributed by atoms with Gasteiger partial charge < -0.3 is 5.73 Å². The zero-order chi connectivity index (χ0) is 10.3. The molecule has 1 aromatic carbocycles. The molecule has 15 heavy (non-hydrogen) atoms. The lowest BCUT2D eigenvalue weighted by Crippen LogP contribution is -2.13. The van der Waals surface area contributed by atoms with Crippen molar-refractivity contribution >= 4 is 0 Å². The third kappa shape index (κ3) is 1.69. The Bertz CT molecular complexity index is 361. The van der Waals surface area contributed by atoms with Crippen LogP contribution in [-0.4, -0.2) is 6.54 Å². The minimum atomic E-state index is 0.472. The Morgan fingerprint density at radius 2 is 2.07 bits per heavy atom. The van der Waals surface area contributed by atoms with Crippen LogP contribution in [0.25, 0.3) is 0 Å². The normalized spacial score (nSPS) is 22.7. The molecule has 0 heterocycles. The highest BCUT2D eigenvalue weighted by Crippen LogP contribution is 2.51. The molecule has 2 N–H and O–H groups in total. The van der Waals surface area contributed by atoms with Crippen LogP contribution in [0.15, 0.2) is 24.3 Å². The summed E-state index contributed by atoms with van der Waals surface area (Å²) in [6.45, 7) is 0.827. The molecular formula is C14H19N. The highest BCUT2D eigenvalue weighted by molar-refractivity contribution is 5.37. The molecule has 0 spiro atoms. The van der Waals surface area contributed by atoms with Gasteiger partial charge in [0.25, 0.3) is 0 Å². The first-order valence-corrected chi connectivity index (χ1v) is 6.15. The first-order chi connectivity index (χ1) is 7.34. The van der Waals surface area contributed by atoms with Gasteiger partial charge in [-0.2, -0.15) is 0 Å². The van der Waals surface area contributed by atoms with Crippen LogP contribution in [0.1, 0.15) is 49.1 Å². The van der Waals surface area contributed by atoms with Gasteiger partial charge in [0.2, 0.25) is 0 Å². The van der Waals surface area contributed by atoms with Gasteiger partial charge >= 0.3 is 0 Å². The van der Waals surface area contributed by atoms with Crippen molar-refractivity contribution in [3.05, 3.63) is 35.4 Å². The van der Waals surface area contributed by atoms with E-state index in [-0.39, 0.29) is 0 Å². The lowest BCUT2D eigenvalue weighted by atomic mass is 9.90. The van der Waals surface area contributed by atoms with Gasteiger partial charge in [0.15, 0.2) is 0 Å². The molecule has 2 aliphatic rings. The van der Waals surface area contributed by atoms with Gasteiger partial charge in [-0.15, -0.1) is 0 Å². The highest BCUT2D eigenvalue weighted by Gasteiger charge is 2.43. The quantitative estimate of drug-likeness (QED) is 0.796. The Morgan fingerprint density at radius 3 is 2.67 bits per heavy atom. The highest BCUT2D eigenvalue weighted by atomic mass is 14.6. The molecule has 0 amide bonds. The third-order valence-electron chi connectivity index (χ3n) is 4.02. The molecular weight excluding hydrogens is 182 g/mol. The number of rotatable bonds is 4. The van der Waals surface area contributed by atoms with E-state index < -0.39 is 0 Å². The molecule has 0 radical (unpaired) electrons. The van der Waals surface area contributed by atoms with Crippen LogP contribution in [0.3, 0.4) is 0 Å². The van der Waals surface area contributed by atoms with Crippen LogP contribution in [0.5, 0.6) is 0 Å². The predicted molar refractivity (Wildman–Crippen MR) is 63.0 cm³/mol. The molecule has 3 rings (SSSR count). The molecule has 0 bridgehead atoms. The van der Waals surface area contributed by atoms with Crippen molar-refractivity contribution in [3.8, 4) is 0 Å². The van der Waals surface area contributed by atoms with Crippen LogP contribution in [0.2, 0.25) is 0 Å². The minimum Gasteiger partial charge on any atom is -0.330 e. The molecule has 0 saturated heterocycles. The second-order valence-corrected chi connectivity index (χ2v) is 5.22. The number of hydrogen-bond acceptors (Lipinski definition) is 1. The van der Waals surface area contributed by atoms with Crippen molar-refractivity contribution in [2.24, 2.45) is 5.73 Å². The molecule has 80 valence electrons. The van der Waals surface area contributed by atoms with Crippen LogP contribution < -0.4 is 5.73 Å². The van der Waals surface area contributed by atoms with Crippen molar-refractivity contribution in [1.82, 2.24) is 0 Å². The Balaban J connectivity index is 1.87. The van der Waals surface area contributed by atoms with E-state index in [0.717, 1.165) is 12.5 Å². The standard InChI is InChI=1S/C14H19N/c15-9-8-14(6-7-14)13-3-1-2-12(10-13)11-4-5-11/h1-3,10-11H,4-9,15H2. The van der Waals surface area contributed by atoms with Crippen LogP contribution in [-0.2, 0) is 5.41 Å².